The van der Waals surface area contributed by atoms with E-state index in [1.165, 1.54) is 5.56 Å². The van der Waals surface area contributed by atoms with Crippen LogP contribution in [0.4, 0.5) is 0 Å². The van der Waals surface area contributed by atoms with Crippen molar-refractivity contribution in [3.63, 3.8) is 0 Å². The van der Waals surface area contributed by atoms with Gasteiger partial charge in [-0.25, -0.2) is 0 Å². The molecular formula is C16H26BNO2. The summed E-state index contributed by atoms with van der Waals surface area (Å²) in [6, 6.07) is 10.5. The molecule has 2 rings (SSSR count). The van der Waals surface area contributed by atoms with Crippen LogP contribution in [0.3, 0.4) is 0 Å². The number of aryl methyl sites for hydroxylation is 1. The van der Waals surface area contributed by atoms with Crippen molar-refractivity contribution in [2.45, 2.75) is 64.1 Å². The summed E-state index contributed by atoms with van der Waals surface area (Å²) in [5.74, 6) is -0.0697. The molecular weight excluding hydrogens is 249 g/mol. The normalized spacial score (nSPS) is 21.9. The van der Waals surface area contributed by atoms with E-state index in [1.807, 2.05) is 6.07 Å². The Morgan fingerprint density at radius 1 is 1.05 bits per heavy atom. The van der Waals surface area contributed by atoms with Crippen molar-refractivity contribution in [2.24, 2.45) is 5.73 Å². The fourth-order valence-electron chi connectivity index (χ4n) is 2.39. The van der Waals surface area contributed by atoms with E-state index in [2.05, 4.69) is 52.0 Å². The fraction of sp³-hybridized carbons (Fsp3) is 0.625. The fourth-order valence-corrected chi connectivity index (χ4v) is 2.39. The van der Waals surface area contributed by atoms with Gasteiger partial charge in [0.2, 0.25) is 0 Å². The Morgan fingerprint density at radius 2 is 1.60 bits per heavy atom. The van der Waals surface area contributed by atoms with Gasteiger partial charge in [0.05, 0.1) is 11.2 Å². The molecule has 1 aliphatic heterocycles. The van der Waals surface area contributed by atoms with Gasteiger partial charge in [-0.2, -0.15) is 0 Å². The summed E-state index contributed by atoms with van der Waals surface area (Å²) >= 11 is 0. The van der Waals surface area contributed by atoms with E-state index in [0.29, 0.717) is 0 Å². The molecule has 1 atom stereocenters. The van der Waals surface area contributed by atoms with Crippen LogP contribution < -0.4 is 5.73 Å². The third-order valence-electron chi connectivity index (χ3n) is 4.47. The van der Waals surface area contributed by atoms with Gasteiger partial charge in [-0.15, -0.1) is 0 Å². The molecule has 110 valence electrons. The maximum atomic E-state index is 6.24. The van der Waals surface area contributed by atoms with Crippen molar-refractivity contribution < 1.29 is 9.31 Å². The van der Waals surface area contributed by atoms with Crippen LogP contribution in [-0.2, 0) is 15.7 Å². The topological polar surface area (TPSA) is 44.5 Å². The molecule has 0 aliphatic carbocycles. The van der Waals surface area contributed by atoms with E-state index in [1.54, 1.807) is 0 Å². The van der Waals surface area contributed by atoms with Crippen molar-refractivity contribution >= 4 is 7.12 Å². The van der Waals surface area contributed by atoms with Crippen molar-refractivity contribution in [1.29, 1.82) is 0 Å². The summed E-state index contributed by atoms with van der Waals surface area (Å²) in [5, 5.41) is 0. The SMILES string of the molecule is CC1(C)OB([C@@H](N)CCCc2ccccc2)OC1(C)C. The molecule has 20 heavy (non-hydrogen) atoms. The van der Waals surface area contributed by atoms with E-state index in [4.69, 9.17) is 15.0 Å². The Labute approximate surface area is 123 Å². The first kappa shape index (κ1) is 15.6. The third kappa shape index (κ3) is 3.43. The first-order valence-electron chi connectivity index (χ1n) is 7.47. The molecule has 1 heterocycles. The van der Waals surface area contributed by atoms with E-state index in [9.17, 15) is 0 Å². The Hall–Kier alpha value is -0.835. The van der Waals surface area contributed by atoms with Gasteiger partial charge in [0.15, 0.2) is 0 Å². The largest absolute Gasteiger partial charge is 0.475 e. The van der Waals surface area contributed by atoms with Crippen molar-refractivity contribution in [3.05, 3.63) is 35.9 Å². The summed E-state index contributed by atoms with van der Waals surface area (Å²) in [5.41, 5.74) is 7.00. The van der Waals surface area contributed by atoms with Crippen LogP contribution in [0.15, 0.2) is 30.3 Å². The molecule has 0 amide bonds. The highest BCUT2D eigenvalue weighted by Gasteiger charge is 2.52. The second kappa shape index (κ2) is 5.88. The molecule has 1 fully saturated rings. The van der Waals surface area contributed by atoms with Gasteiger partial charge in [0.25, 0.3) is 0 Å². The van der Waals surface area contributed by atoms with E-state index < -0.39 is 0 Å². The zero-order valence-corrected chi connectivity index (χ0v) is 13.1. The lowest BCUT2D eigenvalue weighted by atomic mass is 9.76. The molecule has 1 saturated heterocycles. The molecule has 0 spiro atoms. The molecule has 1 aromatic rings. The number of hydrogen-bond donors (Lipinski definition) is 1. The van der Waals surface area contributed by atoms with Gasteiger partial charge < -0.3 is 15.0 Å². The zero-order chi connectivity index (χ0) is 14.8. The van der Waals surface area contributed by atoms with Crippen LogP contribution in [0.2, 0.25) is 0 Å². The zero-order valence-electron chi connectivity index (χ0n) is 13.1. The van der Waals surface area contributed by atoms with Crippen LogP contribution >= 0.6 is 0 Å². The van der Waals surface area contributed by atoms with Crippen LogP contribution in [-0.4, -0.2) is 24.3 Å². The van der Waals surface area contributed by atoms with Gasteiger partial charge in [-0.05, 0) is 52.5 Å². The second-order valence-corrected chi connectivity index (χ2v) is 6.67. The molecule has 0 radical (unpaired) electrons. The highest BCUT2D eigenvalue weighted by atomic mass is 16.7. The van der Waals surface area contributed by atoms with Gasteiger partial charge in [-0.3, -0.25) is 0 Å². The molecule has 0 bridgehead atoms. The maximum Gasteiger partial charge on any atom is 0.475 e. The molecule has 1 aromatic carbocycles. The first-order chi connectivity index (χ1) is 9.32. The third-order valence-corrected chi connectivity index (χ3v) is 4.47. The van der Waals surface area contributed by atoms with Crippen molar-refractivity contribution in [1.82, 2.24) is 0 Å². The standard InChI is InChI=1S/C16H26BNO2/c1-15(2)16(3,4)20-17(19-15)14(18)12-8-11-13-9-6-5-7-10-13/h5-7,9-10,14H,8,11-12,18H2,1-4H3/t14-/m0/s1. The lowest BCUT2D eigenvalue weighted by Gasteiger charge is -2.32. The second-order valence-electron chi connectivity index (χ2n) is 6.67. The molecule has 1 aliphatic rings. The quantitative estimate of drug-likeness (QED) is 0.840. The minimum Gasteiger partial charge on any atom is -0.402 e. The molecule has 4 heteroatoms. The summed E-state index contributed by atoms with van der Waals surface area (Å²) in [6.45, 7) is 8.24. The lowest BCUT2D eigenvalue weighted by molar-refractivity contribution is 0.00578. The Kier molecular flexibility index (Phi) is 4.57. The summed E-state index contributed by atoms with van der Waals surface area (Å²) in [6.07, 6.45) is 3.01. The van der Waals surface area contributed by atoms with Gasteiger partial charge in [0, 0.05) is 5.94 Å². The number of hydrogen-bond acceptors (Lipinski definition) is 3. The smallest absolute Gasteiger partial charge is 0.402 e. The minimum atomic E-state index is -0.297. The summed E-state index contributed by atoms with van der Waals surface area (Å²) in [7, 11) is -0.296. The van der Waals surface area contributed by atoms with Gasteiger partial charge in [-0.1, -0.05) is 30.3 Å². The molecule has 3 nitrogen and oxygen atoms in total. The predicted molar refractivity (Wildman–Crippen MR) is 83.4 cm³/mol. The van der Waals surface area contributed by atoms with E-state index in [-0.39, 0.29) is 24.3 Å². The Morgan fingerprint density at radius 3 is 2.15 bits per heavy atom. The number of rotatable bonds is 5. The van der Waals surface area contributed by atoms with Crippen molar-refractivity contribution in [3.8, 4) is 0 Å². The van der Waals surface area contributed by atoms with Crippen LogP contribution in [0, 0.1) is 0 Å². The predicted octanol–water partition coefficient (Wildman–Crippen LogP) is 2.97. The maximum absolute atomic E-state index is 6.24. The summed E-state index contributed by atoms with van der Waals surface area (Å²) in [4.78, 5) is 0. The van der Waals surface area contributed by atoms with Gasteiger partial charge >= 0.3 is 7.12 Å². The van der Waals surface area contributed by atoms with E-state index in [0.717, 1.165) is 19.3 Å². The van der Waals surface area contributed by atoms with Crippen LogP contribution in [0.1, 0.15) is 46.1 Å². The molecule has 0 aromatic heterocycles. The molecule has 2 N–H and O–H groups in total. The highest BCUT2D eigenvalue weighted by Crippen LogP contribution is 2.37. The number of benzene rings is 1. The number of nitrogens with two attached hydrogens (primary N) is 1. The highest BCUT2D eigenvalue weighted by molar-refractivity contribution is 6.47. The molecule has 0 saturated carbocycles. The van der Waals surface area contributed by atoms with Crippen molar-refractivity contribution in [2.75, 3.05) is 0 Å². The average Bonchev–Trinajstić information content (AvgIpc) is 2.60. The average molecular weight is 275 g/mol. The van der Waals surface area contributed by atoms with E-state index >= 15 is 0 Å². The first-order valence-corrected chi connectivity index (χ1v) is 7.47. The molecule has 0 unspecified atom stereocenters. The minimum absolute atomic E-state index is 0.0697. The lowest BCUT2D eigenvalue weighted by Crippen LogP contribution is -2.41. The van der Waals surface area contributed by atoms with Crippen LogP contribution in [0.25, 0.3) is 0 Å². The summed E-state index contributed by atoms with van der Waals surface area (Å²) < 4.78 is 12.0. The van der Waals surface area contributed by atoms with Gasteiger partial charge in [0.1, 0.15) is 0 Å². The Balaban J connectivity index is 1.80. The van der Waals surface area contributed by atoms with Crippen LogP contribution in [0.5, 0.6) is 0 Å². The monoisotopic (exact) mass is 275 g/mol. The Bertz CT molecular complexity index is 417.